The predicted molar refractivity (Wildman–Crippen MR) is 130 cm³/mol. The molecule has 4 aromatic rings. The summed E-state index contributed by atoms with van der Waals surface area (Å²) < 4.78 is 44.4. The number of aromatic nitrogens is 5. The molecular formula is C23H23ClF3N7O2. The fourth-order valence-electron chi connectivity index (χ4n) is 3.52. The van der Waals surface area contributed by atoms with Gasteiger partial charge in [0, 0.05) is 17.5 Å². The highest BCUT2D eigenvalue weighted by Crippen LogP contribution is 2.33. The van der Waals surface area contributed by atoms with Gasteiger partial charge >= 0.3 is 6.18 Å². The molecule has 0 aliphatic carbocycles. The van der Waals surface area contributed by atoms with Gasteiger partial charge in [-0.1, -0.05) is 31.5 Å². The van der Waals surface area contributed by atoms with Crippen molar-refractivity contribution < 1.29 is 22.7 Å². The highest BCUT2D eigenvalue weighted by Gasteiger charge is 2.28. The molecule has 2 aromatic heterocycles. The van der Waals surface area contributed by atoms with Crippen LogP contribution in [-0.4, -0.2) is 50.7 Å². The van der Waals surface area contributed by atoms with Gasteiger partial charge < -0.3 is 15.4 Å². The molecule has 9 nitrogen and oxygen atoms in total. The Bertz CT molecular complexity index is 1400. The molecule has 0 bridgehead atoms. The summed E-state index contributed by atoms with van der Waals surface area (Å²) in [7, 11) is 1.32. The molecule has 2 aromatic carbocycles. The Labute approximate surface area is 209 Å². The van der Waals surface area contributed by atoms with Crippen LogP contribution in [0, 0.1) is 5.92 Å². The summed E-state index contributed by atoms with van der Waals surface area (Å²) in [5.74, 6) is 0.214. The molecule has 3 N–H and O–H groups in total. The van der Waals surface area contributed by atoms with Gasteiger partial charge in [0.25, 0.3) is 5.91 Å². The van der Waals surface area contributed by atoms with E-state index in [1.807, 2.05) is 25.2 Å². The lowest BCUT2D eigenvalue weighted by atomic mass is 10.1. The van der Waals surface area contributed by atoms with E-state index in [0.717, 1.165) is 10.9 Å². The second-order valence-electron chi connectivity index (χ2n) is 8.43. The molecule has 0 atom stereocenters. The van der Waals surface area contributed by atoms with Gasteiger partial charge in [-0.3, -0.25) is 9.89 Å². The normalized spacial score (nSPS) is 11.8. The Morgan fingerprint density at radius 2 is 2.03 bits per heavy atom. The van der Waals surface area contributed by atoms with Crippen molar-refractivity contribution in [1.29, 1.82) is 0 Å². The number of halogens is 4. The minimum absolute atomic E-state index is 0.0364. The van der Waals surface area contributed by atoms with Crippen LogP contribution in [0.25, 0.3) is 22.3 Å². The van der Waals surface area contributed by atoms with E-state index in [9.17, 15) is 18.0 Å². The zero-order chi connectivity index (χ0) is 26.0. The monoisotopic (exact) mass is 521 g/mol. The first-order valence-electron chi connectivity index (χ1n) is 10.9. The average molecular weight is 522 g/mol. The third kappa shape index (κ3) is 5.54. The first kappa shape index (κ1) is 25.3. The maximum Gasteiger partial charge on any atom is 0.405 e. The lowest BCUT2D eigenvalue weighted by Gasteiger charge is -2.11. The fraction of sp³-hybridized carbons (Fsp3) is 0.304. The molecule has 2 heterocycles. The lowest BCUT2D eigenvalue weighted by molar-refractivity contribution is -0.123. The molecule has 0 spiro atoms. The van der Waals surface area contributed by atoms with Gasteiger partial charge in [0.05, 0.1) is 35.1 Å². The van der Waals surface area contributed by atoms with Crippen LogP contribution in [-0.2, 0) is 6.54 Å². The van der Waals surface area contributed by atoms with Crippen molar-refractivity contribution in [3.05, 3.63) is 47.1 Å². The molecule has 0 fully saturated rings. The number of nitrogens with one attached hydrogen (secondary N) is 3. The van der Waals surface area contributed by atoms with Crippen molar-refractivity contribution in [2.24, 2.45) is 5.92 Å². The number of hydrogen-bond donors (Lipinski definition) is 3. The van der Waals surface area contributed by atoms with Gasteiger partial charge in [-0.05, 0) is 30.2 Å². The molecule has 0 unspecified atom stereocenters. The Morgan fingerprint density at radius 1 is 1.25 bits per heavy atom. The zero-order valence-corrected chi connectivity index (χ0v) is 20.3. The van der Waals surface area contributed by atoms with E-state index < -0.39 is 18.6 Å². The van der Waals surface area contributed by atoms with Gasteiger partial charge in [0.1, 0.15) is 12.3 Å². The van der Waals surface area contributed by atoms with Crippen molar-refractivity contribution >= 4 is 40.0 Å². The van der Waals surface area contributed by atoms with Crippen molar-refractivity contribution in [2.75, 3.05) is 19.0 Å². The highest BCUT2D eigenvalue weighted by atomic mass is 35.5. The smallest absolute Gasteiger partial charge is 0.405 e. The minimum Gasteiger partial charge on any atom is -0.496 e. The molecule has 36 heavy (non-hydrogen) atoms. The first-order chi connectivity index (χ1) is 17.1. The first-order valence-corrected chi connectivity index (χ1v) is 11.3. The minimum atomic E-state index is -4.52. The Hall–Kier alpha value is -3.80. The van der Waals surface area contributed by atoms with E-state index >= 15 is 0 Å². The van der Waals surface area contributed by atoms with Crippen LogP contribution >= 0.6 is 11.6 Å². The number of methoxy groups -OCH3 is 1. The Morgan fingerprint density at radius 3 is 2.72 bits per heavy atom. The topological polar surface area (TPSA) is 110 Å². The van der Waals surface area contributed by atoms with Gasteiger partial charge in [-0.25, -0.2) is 4.68 Å². The summed E-state index contributed by atoms with van der Waals surface area (Å²) in [5.41, 5.74) is 1.89. The number of nitrogens with zero attached hydrogens (tertiary/aromatic N) is 4. The molecule has 0 saturated heterocycles. The van der Waals surface area contributed by atoms with Crippen LogP contribution < -0.4 is 15.4 Å². The Kier molecular flexibility index (Phi) is 7.07. The van der Waals surface area contributed by atoms with Crippen LogP contribution in [0.3, 0.4) is 0 Å². The number of hydrogen-bond acceptors (Lipinski definition) is 6. The maximum absolute atomic E-state index is 12.5. The molecule has 1 amide bonds. The third-order valence-electron chi connectivity index (χ3n) is 5.17. The quantitative estimate of drug-likeness (QED) is 0.295. The summed E-state index contributed by atoms with van der Waals surface area (Å²) in [6, 6.07) is 8.07. The van der Waals surface area contributed by atoms with Gasteiger partial charge in [-0.2, -0.15) is 23.3 Å². The SMILES string of the molecule is COc1cc(-c2nc(Nc3ccc4[nH]ncc4c3Cl)n(CC(C)C)n2)ccc1C(=O)NCC(F)(F)F. The van der Waals surface area contributed by atoms with E-state index in [1.54, 1.807) is 23.0 Å². The average Bonchev–Trinajstić information content (AvgIpc) is 3.46. The summed E-state index contributed by atoms with van der Waals surface area (Å²) in [5, 5.41) is 17.7. The molecule has 190 valence electrons. The largest absolute Gasteiger partial charge is 0.496 e. The number of carbonyl (C=O) groups is 1. The Balaban J connectivity index is 1.66. The van der Waals surface area contributed by atoms with E-state index in [0.29, 0.717) is 34.6 Å². The van der Waals surface area contributed by atoms with Crippen molar-refractivity contribution in [3.8, 4) is 17.1 Å². The van der Waals surface area contributed by atoms with E-state index in [1.165, 1.54) is 19.2 Å². The number of alkyl halides is 3. The predicted octanol–water partition coefficient (Wildman–Crippen LogP) is 5.18. The van der Waals surface area contributed by atoms with E-state index in [4.69, 9.17) is 16.3 Å². The lowest BCUT2D eigenvalue weighted by Crippen LogP contribution is -2.33. The summed E-state index contributed by atoms with van der Waals surface area (Å²) in [4.78, 5) is 16.9. The van der Waals surface area contributed by atoms with E-state index in [-0.39, 0.29) is 17.2 Å². The molecule has 13 heteroatoms. The zero-order valence-electron chi connectivity index (χ0n) is 19.6. The van der Waals surface area contributed by atoms with Crippen LogP contribution in [0.4, 0.5) is 24.8 Å². The third-order valence-corrected chi connectivity index (χ3v) is 5.58. The molecule has 0 radical (unpaired) electrons. The van der Waals surface area contributed by atoms with Crippen LogP contribution in [0.15, 0.2) is 36.5 Å². The van der Waals surface area contributed by atoms with Crippen molar-refractivity contribution in [3.63, 3.8) is 0 Å². The fourth-order valence-corrected chi connectivity index (χ4v) is 3.78. The molecule has 0 aliphatic rings. The molecule has 0 saturated carbocycles. The van der Waals surface area contributed by atoms with Crippen LogP contribution in [0.5, 0.6) is 5.75 Å². The summed E-state index contributed by atoms with van der Waals surface area (Å²) in [6.07, 6.45) is -2.89. The molecule has 0 aliphatic heterocycles. The van der Waals surface area contributed by atoms with Gasteiger partial charge in [0.2, 0.25) is 5.95 Å². The summed E-state index contributed by atoms with van der Waals surface area (Å²) in [6.45, 7) is 3.18. The standard InChI is InChI=1S/C23H23ClF3N7O2/c1-12(2)10-34-22(30-17-7-6-16-15(19(17)24)9-29-32-16)31-20(33-34)13-4-5-14(18(8-13)36-3)21(35)28-11-23(25,26)27/h4-9,12H,10-11H2,1-3H3,(H,28,35)(H,29,32)(H,30,31,33). The van der Waals surface area contributed by atoms with E-state index in [2.05, 4.69) is 25.6 Å². The number of aromatic amines is 1. The number of amides is 1. The number of carbonyl (C=O) groups excluding carboxylic acids is 1. The highest BCUT2D eigenvalue weighted by molar-refractivity contribution is 6.38. The van der Waals surface area contributed by atoms with Gasteiger partial charge in [0.15, 0.2) is 5.82 Å². The number of rotatable bonds is 8. The van der Waals surface area contributed by atoms with Crippen LogP contribution in [0.1, 0.15) is 24.2 Å². The number of benzene rings is 2. The number of anilines is 2. The van der Waals surface area contributed by atoms with Crippen molar-refractivity contribution in [1.82, 2.24) is 30.3 Å². The number of fused-ring (bicyclic) bond motifs is 1. The number of ether oxygens (including phenoxy) is 1. The number of H-pyrrole nitrogens is 1. The second-order valence-corrected chi connectivity index (χ2v) is 8.81. The van der Waals surface area contributed by atoms with Crippen molar-refractivity contribution in [2.45, 2.75) is 26.6 Å². The second kappa shape index (κ2) is 10.1. The summed E-state index contributed by atoms with van der Waals surface area (Å²) >= 11 is 6.55. The molecular weight excluding hydrogens is 499 g/mol. The molecule has 4 rings (SSSR count). The van der Waals surface area contributed by atoms with Gasteiger partial charge in [-0.15, -0.1) is 5.10 Å². The van der Waals surface area contributed by atoms with Crippen LogP contribution in [0.2, 0.25) is 5.02 Å². The maximum atomic E-state index is 12.5.